The van der Waals surface area contributed by atoms with Gasteiger partial charge >= 0.3 is 11.8 Å². The molecule has 1 aliphatic rings. The third kappa shape index (κ3) is 6.58. The lowest BCUT2D eigenvalue weighted by Crippen LogP contribution is -2.56. The summed E-state index contributed by atoms with van der Waals surface area (Å²) in [5.41, 5.74) is 1.85. The van der Waals surface area contributed by atoms with E-state index >= 15 is 4.39 Å². The van der Waals surface area contributed by atoms with Gasteiger partial charge in [-0.05, 0) is 74.7 Å². The van der Waals surface area contributed by atoms with E-state index < -0.39 is 29.7 Å². The monoisotopic (exact) mass is 623 g/mol. The largest absolute Gasteiger partial charge is 0.495 e. The fourth-order valence-corrected chi connectivity index (χ4v) is 5.54. The van der Waals surface area contributed by atoms with E-state index in [9.17, 15) is 14.7 Å². The van der Waals surface area contributed by atoms with Gasteiger partial charge < -0.3 is 29.4 Å². The van der Waals surface area contributed by atoms with Gasteiger partial charge in [-0.25, -0.2) is 19.0 Å². The lowest BCUT2D eigenvalue weighted by atomic mass is 9.96. The maximum atomic E-state index is 15.2. The number of hydrogen-bond acceptors (Lipinski definition) is 7. The van der Waals surface area contributed by atoms with Crippen molar-refractivity contribution >= 4 is 23.5 Å². The smallest absolute Gasteiger partial charge is 0.408 e. The predicted octanol–water partition coefficient (Wildman–Crippen LogP) is 5.17. The fraction of sp³-hybridized carbons (Fsp3) is 0.344. The summed E-state index contributed by atoms with van der Waals surface area (Å²) in [6, 6.07) is 10.9. The molecule has 2 atom stereocenters. The SMILES string of the molecule is COc1c(-c2ccnc(N3CC[C@@H](O)[C@H](NC(=O)OC(C)(C)C)C3)c2)cc(F)cc1-c1ccc(-n2ccn(C)c2=O)c(Cl)c1. The zero-order chi connectivity index (χ0) is 31.8. The molecule has 4 aromatic rings. The summed E-state index contributed by atoms with van der Waals surface area (Å²) >= 11 is 6.61. The number of aliphatic hydroxyl groups is 1. The van der Waals surface area contributed by atoms with E-state index in [4.69, 9.17) is 21.1 Å². The van der Waals surface area contributed by atoms with Crippen LogP contribution in [-0.2, 0) is 11.8 Å². The van der Waals surface area contributed by atoms with Crippen LogP contribution < -0.4 is 20.6 Å². The molecule has 44 heavy (non-hydrogen) atoms. The van der Waals surface area contributed by atoms with E-state index in [1.807, 2.05) is 11.0 Å². The summed E-state index contributed by atoms with van der Waals surface area (Å²) < 4.78 is 29.2. The number of piperidine rings is 1. The molecular weight excluding hydrogens is 589 g/mol. The minimum absolute atomic E-state index is 0.242. The molecule has 2 aromatic heterocycles. The van der Waals surface area contributed by atoms with Crippen LogP contribution in [0.15, 0.2) is 65.8 Å². The minimum Gasteiger partial charge on any atom is -0.495 e. The van der Waals surface area contributed by atoms with Crippen molar-refractivity contribution in [1.82, 2.24) is 19.4 Å². The number of carbonyl (C=O) groups excluding carboxylic acids is 1. The van der Waals surface area contributed by atoms with Gasteiger partial charge in [0, 0.05) is 49.9 Å². The second kappa shape index (κ2) is 12.3. The highest BCUT2D eigenvalue weighted by molar-refractivity contribution is 6.32. The van der Waals surface area contributed by atoms with E-state index in [1.54, 1.807) is 70.7 Å². The normalized spacial score (nSPS) is 17.0. The number of aromatic nitrogens is 3. The van der Waals surface area contributed by atoms with E-state index in [0.717, 1.165) is 0 Å². The Morgan fingerprint density at radius 3 is 2.43 bits per heavy atom. The highest BCUT2D eigenvalue weighted by Gasteiger charge is 2.31. The van der Waals surface area contributed by atoms with Gasteiger partial charge in [0.2, 0.25) is 0 Å². The first-order valence-corrected chi connectivity index (χ1v) is 14.5. The van der Waals surface area contributed by atoms with Gasteiger partial charge in [-0.3, -0.25) is 4.57 Å². The van der Waals surface area contributed by atoms with Gasteiger partial charge in [-0.2, -0.15) is 0 Å². The van der Waals surface area contributed by atoms with Crippen molar-refractivity contribution in [1.29, 1.82) is 0 Å². The van der Waals surface area contributed by atoms with Crippen molar-refractivity contribution in [2.45, 2.75) is 44.9 Å². The predicted molar refractivity (Wildman–Crippen MR) is 167 cm³/mol. The summed E-state index contributed by atoms with van der Waals surface area (Å²) in [4.78, 5) is 31.3. The maximum Gasteiger partial charge on any atom is 0.408 e. The average Bonchev–Trinajstić information content (AvgIpc) is 3.30. The number of amides is 1. The molecule has 0 saturated carbocycles. The number of nitrogens with zero attached hydrogens (tertiary/aromatic N) is 4. The fourth-order valence-electron chi connectivity index (χ4n) is 5.27. The van der Waals surface area contributed by atoms with Crippen LogP contribution in [0.5, 0.6) is 5.75 Å². The Morgan fingerprint density at radius 2 is 1.82 bits per heavy atom. The topological polar surface area (TPSA) is 111 Å². The number of ether oxygens (including phenoxy) is 2. The van der Waals surface area contributed by atoms with Gasteiger partial charge in [-0.15, -0.1) is 0 Å². The van der Waals surface area contributed by atoms with Gasteiger partial charge in [-0.1, -0.05) is 17.7 Å². The summed E-state index contributed by atoms with van der Waals surface area (Å²) in [5.74, 6) is 0.554. The molecular formula is C32H35ClFN5O5. The summed E-state index contributed by atoms with van der Waals surface area (Å²) in [6.45, 7) is 6.13. The van der Waals surface area contributed by atoms with Crippen molar-refractivity contribution in [3.63, 3.8) is 0 Å². The van der Waals surface area contributed by atoms with E-state index in [-0.39, 0.29) is 5.69 Å². The third-order valence-corrected chi connectivity index (χ3v) is 7.68. The number of alkyl carbamates (subject to hydrolysis) is 1. The number of carbonyl (C=O) groups is 1. The van der Waals surface area contributed by atoms with Crippen LogP contribution in [0.4, 0.5) is 15.0 Å². The zero-order valence-electron chi connectivity index (χ0n) is 25.2. The lowest BCUT2D eigenvalue weighted by Gasteiger charge is -2.37. The van der Waals surface area contributed by atoms with Gasteiger partial charge in [0.25, 0.3) is 0 Å². The number of aliphatic hydroxyl groups excluding tert-OH is 1. The molecule has 3 heterocycles. The van der Waals surface area contributed by atoms with Crippen LogP contribution in [0, 0.1) is 5.82 Å². The molecule has 1 saturated heterocycles. The Labute approximate surface area is 259 Å². The van der Waals surface area contributed by atoms with E-state index in [2.05, 4.69) is 10.3 Å². The molecule has 2 aromatic carbocycles. The van der Waals surface area contributed by atoms with Crippen LogP contribution >= 0.6 is 11.6 Å². The number of aryl methyl sites for hydroxylation is 1. The molecule has 1 fully saturated rings. The van der Waals surface area contributed by atoms with Crippen molar-refractivity contribution < 1.29 is 23.8 Å². The summed E-state index contributed by atoms with van der Waals surface area (Å²) in [5, 5.41) is 13.6. The number of halogens is 2. The molecule has 5 rings (SSSR count). The average molecular weight is 624 g/mol. The molecule has 0 aliphatic carbocycles. The van der Waals surface area contributed by atoms with E-state index in [0.29, 0.717) is 64.0 Å². The first-order chi connectivity index (χ1) is 20.8. The van der Waals surface area contributed by atoms with Gasteiger partial charge in [0.15, 0.2) is 0 Å². The maximum absolute atomic E-state index is 15.2. The van der Waals surface area contributed by atoms with E-state index in [1.165, 1.54) is 28.4 Å². The number of pyridine rings is 1. The number of nitrogens with one attached hydrogen (secondary N) is 1. The Morgan fingerprint density at radius 1 is 1.11 bits per heavy atom. The van der Waals surface area contributed by atoms with Crippen molar-refractivity contribution in [2.24, 2.45) is 7.05 Å². The van der Waals surface area contributed by atoms with Crippen LogP contribution in [0.3, 0.4) is 0 Å². The highest BCUT2D eigenvalue weighted by Crippen LogP contribution is 2.41. The van der Waals surface area contributed by atoms with Crippen LogP contribution in [0.25, 0.3) is 27.9 Å². The minimum atomic E-state index is -0.744. The molecule has 232 valence electrons. The number of hydrogen-bond donors (Lipinski definition) is 2. The second-order valence-electron chi connectivity index (χ2n) is 11.7. The molecule has 10 nitrogen and oxygen atoms in total. The first-order valence-electron chi connectivity index (χ1n) is 14.2. The Kier molecular flexibility index (Phi) is 8.71. The highest BCUT2D eigenvalue weighted by atomic mass is 35.5. The molecule has 0 radical (unpaired) electrons. The number of anilines is 1. The van der Waals surface area contributed by atoms with Crippen molar-refractivity contribution in [3.8, 4) is 33.7 Å². The summed E-state index contributed by atoms with van der Waals surface area (Å²) in [6.07, 6.45) is 3.95. The number of imidazole rings is 1. The number of benzene rings is 2. The van der Waals surface area contributed by atoms with Crippen LogP contribution in [0.2, 0.25) is 5.02 Å². The quantitative estimate of drug-likeness (QED) is 0.305. The Balaban J connectivity index is 1.46. The molecule has 1 aliphatic heterocycles. The Bertz CT molecular complexity index is 1750. The molecule has 12 heteroatoms. The third-order valence-electron chi connectivity index (χ3n) is 7.38. The second-order valence-corrected chi connectivity index (χ2v) is 12.1. The zero-order valence-corrected chi connectivity index (χ0v) is 25.9. The first kappa shape index (κ1) is 31.1. The summed E-state index contributed by atoms with van der Waals surface area (Å²) in [7, 11) is 3.17. The number of methoxy groups -OCH3 is 1. The van der Waals surface area contributed by atoms with Crippen LogP contribution in [0.1, 0.15) is 27.2 Å². The molecule has 0 unspecified atom stereocenters. The lowest BCUT2D eigenvalue weighted by molar-refractivity contribution is 0.0399. The number of rotatable bonds is 6. The molecule has 1 amide bonds. The van der Waals surface area contributed by atoms with Gasteiger partial charge in [0.1, 0.15) is 23.0 Å². The molecule has 0 spiro atoms. The van der Waals surface area contributed by atoms with Crippen molar-refractivity contribution in [2.75, 3.05) is 25.1 Å². The Hall–Kier alpha value is -4.35. The van der Waals surface area contributed by atoms with Gasteiger partial charge in [0.05, 0.1) is 30.0 Å². The standard InChI is InChI=1S/C32H35ClFN5O5/c1-32(2,3)44-30(41)36-25-18-38(11-9-27(25)40)28-15-20(8-10-35-28)23-17-21(34)16-22(29(23)43-5)19-6-7-26(24(33)14-19)39-13-12-37(4)31(39)42/h6-8,10,12-17,25,27,40H,9,11,18H2,1-5H3,(H,36,41)/t25-,27-/m1/s1. The van der Waals surface area contributed by atoms with Crippen molar-refractivity contribution in [3.05, 3.63) is 82.4 Å². The molecule has 2 N–H and O–H groups in total. The molecule has 0 bridgehead atoms. The van der Waals surface area contributed by atoms with Crippen LogP contribution in [-0.4, -0.2) is 63.3 Å².